The van der Waals surface area contributed by atoms with Gasteiger partial charge in [-0.3, -0.25) is 14.3 Å². The van der Waals surface area contributed by atoms with Crippen molar-refractivity contribution in [1.82, 2.24) is 34.3 Å². The molecule has 0 fully saturated rings. The molecule has 6 rings (SSSR count). The highest BCUT2D eigenvalue weighted by Crippen LogP contribution is 2.36. The highest BCUT2D eigenvalue weighted by molar-refractivity contribution is 6.33. The summed E-state index contributed by atoms with van der Waals surface area (Å²) in [6.45, 7) is 14.2. The first kappa shape index (κ1) is 25.8. The molecule has 202 valence electrons. The van der Waals surface area contributed by atoms with E-state index in [2.05, 4.69) is 21.9 Å². The van der Waals surface area contributed by atoms with E-state index in [9.17, 15) is 9.59 Å². The van der Waals surface area contributed by atoms with Crippen molar-refractivity contribution >= 4 is 29.1 Å². The molecule has 4 aromatic rings. The zero-order chi connectivity index (χ0) is 28.1. The fourth-order valence-corrected chi connectivity index (χ4v) is 5.78. The van der Waals surface area contributed by atoms with Gasteiger partial charge in [0.15, 0.2) is 0 Å². The Morgan fingerprint density at radius 1 is 1.15 bits per heavy atom. The number of hydrogen-bond donors (Lipinski definition) is 0. The topological polar surface area (TPSA) is 93.5 Å². The highest BCUT2D eigenvalue weighted by atomic mass is 35.5. The molecule has 11 heteroatoms. The monoisotopic (exact) mass is 554 g/mol. The van der Waals surface area contributed by atoms with E-state index < -0.39 is 0 Å². The number of amides is 2. The van der Waals surface area contributed by atoms with Crippen LogP contribution in [0.15, 0.2) is 55.1 Å². The summed E-state index contributed by atoms with van der Waals surface area (Å²) in [7, 11) is 0. The van der Waals surface area contributed by atoms with Crippen LogP contribution in [0.1, 0.15) is 70.5 Å². The van der Waals surface area contributed by atoms with E-state index in [1.807, 2.05) is 47.7 Å². The van der Waals surface area contributed by atoms with Crippen molar-refractivity contribution in [2.24, 2.45) is 0 Å². The Balaban J connectivity index is 1.29. The summed E-state index contributed by atoms with van der Waals surface area (Å²) < 4.78 is 3.53. The van der Waals surface area contributed by atoms with E-state index >= 15 is 0 Å². The Bertz CT molecular complexity index is 1650. The first-order valence-electron chi connectivity index (χ1n) is 13.1. The maximum atomic E-state index is 14.0. The van der Waals surface area contributed by atoms with E-state index in [1.54, 1.807) is 28.0 Å². The molecule has 0 bridgehead atoms. The third-order valence-electron chi connectivity index (χ3n) is 7.88. The molecular weight excluding hydrogens is 528 g/mol. The Hall–Kier alpha value is -4.49. The van der Waals surface area contributed by atoms with Crippen LogP contribution in [0.2, 0.25) is 5.02 Å². The average molecular weight is 555 g/mol. The summed E-state index contributed by atoms with van der Waals surface area (Å²) in [5.41, 5.74) is 4.73. The SMILES string of the molecule is [C-]#[N+]c1cc(C(=O)N2Cc3c(nn4c3C(=O)N([C@@H](C)c3ccc(-n5cncn5)cc3)C[C@H]4C)C[C@H]2C)ccc1Cl. The van der Waals surface area contributed by atoms with Crippen LogP contribution in [-0.2, 0) is 13.0 Å². The molecule has 0 radical (unpaired) electrons. The van der Waals surface area contributed by atoms with Gasteiger partial charge < -0.3 is 9.80 Å². The summed E-state index contributed by atoms with van der Waals surface area (Å²) in [4.78, 5) is 38.6. The molecule has 0 N–H and O–H groups in total. The predicted octanol–water partition coefficient (Wildman–Crippen LogP) is 5.03. The lowest BCUT2D eigenvalue weighted by molar-refractivity contribution is 0.0574. The maximum absolute atomic E-state index is 14.0. The number of fused-ring (bicyclic) bond motifs is 3. The molecule has 40 heavy (non-hydrogen) atoms. The van der Waals surface area contributed by atoms with Crippen LogP contribution in [0, 0.1) is 6.57 Å². The van der Waals surface area contributed by atoms with Crippen molar-refractivity contribution in [2.45, 2.75) is 51.9 Å². The number of aromatic nitrogens is 5. The standard InChI is InChI=1S/C29H27ClN8O2/c1-17-11-25-23(14-35(17)28(39)21-7-10-24(30)26(12-21)31-4)27-29(40)36(13-18(2)38(27)34-25)19(3)20-5-8-22(9-6-20)37-16-32-15-33-37/h5-10,12,15-19H,11,13-14H2,1-3H3/t17-,18-,19+/m1/s1. The van der Waals surface area contributed by atoms with Gasteiger partial charge in [-0.25, -0.2) is 14.5 Å². The molecular formula is C29H27ClN8O2. The number of hydrogen-bond acceptors (Lipinski definition) is 5. The van der Waals surface area contributed by atoms with Crippen LogP contribution in [0.5, 0.6) is 0 Å². The van der Waals surface area contributed by atoms with Crippen molar-refractivity contribution in [1.29, 1.82) is 0 Å². The van der Waals surface area contributed by atoms with Crippen LogP contribution in [0.4, 0.5) is 5.69 Å². The van der Waals surface area contributed by atoms with Crippen LogP contribution >= 0.6 is 11.6 Å². The molecule has 3 atom stereocenters. The van der Waals surface area contributed by atoms with Crippen molar-refractivity contribution < 1.29 is 9.59 Å². The van der Waals surface area contributed by atoms with Crippen molar-refractivity contribution in [3.63, 3.8) is 0 Å². The van der Waals surface area contributed by atoms with Gasteiger partial charge in [0, 0.05) is 35.2 Å². The normalized spacial score (nSPS) is 19.1. The lowest BCUT2D eigenvalue weighted by Gasteiger charge is -2.37. The molecule has 0 aliphatic carbocycles. The zero-order valence-electron chi connectivity index (χ0n) is 22.3. The van der Waals surface area contributed by atoms with Gasteiger partial charge >= 0.3 is 0 Å². The molecule has 2 aromatic carbocycles. The first-order valence-corrected chi connectivity index (χ1v) is 13.5. The predicted molar refractivity (Wildman–Crippen MR) is 149 cm³/mol. The maximum Gasteiger partial charge on any atom is 0.273 e. The third-order valence-corrected chi connectivity index (χ3v) is 8.20. The zero-order valence-corrected chi connectivity index (χ0v) is 23.1. The van der Waals surface area contributed by atoms with E-state index in [0.717, 1.165) is 22.5 Å². The van der Waals surface area contributed by atoms with E-state index in [1.165, 1.54) is 12.4 Å². The number of rotatable bonds is 4. The van der Waals surface area contributed by atoms with Gasteiger partial charge in [0.05, 0.1) is 36.6 Å². The smallest absolute Gasteiger partial charge is 0.273 e. The molecule has 4 heterocycles. The van der Waals surface area contributed by atoms with Crippen LogP contribution in [0.3, 0.4) is 0 Å². The number of benzene rings is 2. The van der Waals surface area contributed by atoms with Gasteiger partial charge in [0.2, 0.25) is 5.69 Å². The van der Waals surface area contributed by atoms with Gasteiger partial charge in [0.25, 0.3) is 11.8 Å². The molecule has 2 aromatic heterocycles. The van der Waals surface area contributed by atoms with E-state index in [-0.39, 0.29) is 42.2 Å². The lowest BCUT2D eigenvalue weighted by Crippen LogP contribution is -2.45. The Kier molecular flexibility index (Phi) is 6.39. The van der Waals surface area contributed by atoms with Crippen molar-refractivity contribution in [2.75, 3.05) is 6.54 Å². The summed E-state index contributed by atoms with van der Waals surface area (Å²) in [6.07, 6.45) is 3.68. The number of carbonyl (C=O) groups is 2. The molecule has 2 amide bonds. The summed E-state index contributed by atoms with van der Waals surface area (Å²) in [6, 6.07) is 12.4. The van der Waals surface area contributed by atoms with Crippen LogP contribution < -0.4 is 0 Å². The molecule has 2 aliphatic heterocycles. The second-order valence-electron chi connectivity index (χ2n) is 10.4. The summed E-state index contributed by atoms with van der Waals surface area (Å²) in [5, 5.41) is 9.33. The fraction of sp³-hybridized carbons (Fsp3) is 0.310. The molecule has 10 nitrogen and oxygen atoms in total. The molecule has 2 aliphatic rings. The number of nitrogens with zero attached hydrogens (tertiary/aromatic N) is 8. The summed E-state index contributed by atoms with van der Waals surface area (Å²) >= 11 is 6.09. The minimum Gasteiger partial charge on any atom is -0.331 e. The first-order chi connectivity index (χ1) is 19.3. The molecule has 0 saturated carbocycles. The summed E-state index contributed by atoms with van der Waals surface area (Å²) in [5.74, 6) is -0.294. The van der Waals surface area contributed by atoms with Gasteiger partial charge in [-0.15, -0.1) is 0 Å². The van der Waals surface area contributed by atoms with Gasteiger partial charge in [-0.2, -0.15) is 10.2 Å². The molecule has 0 unspecified atom stereocenters. The lowest BCUT2D eigenvalue weighted by atomic mass is 9.96. The number of halogens is 1. The minimum absolute atomic E-state index is 0.0212. The van der Waals surface area contributed by atoms with Gasteiger partial charge in [-0.1, -0.05) is 35.9 Å². The second kappa shape index (κ2) is 9.92. The highest BCUT2D eigenvalue weighted by Gasteiger charge is 2.40. The van der Waals surface area contributed by atoms with Gasteiger partial charge in [0.1, 0.15) is 18.3 Å². The fourth-order valence-electron chi connectivity index (χ4n) is 5.62. The van der Waals surface area contributed by atoms with Crippen molar-refractivity contribution in [3.05, 3.63) is 99.6 Å². The largest absolute Gasteiger partial charge is 0.331 e. The van der Waals surface area contributed by atoms with Crippen LogP contribution in [-0.4, -0.2) is 58.7 Å². The minimum atomic E-state index is -0.200. The number of carbonyl (C=O) groups excluding carboxylic acids is 2. The van der Waals surface area contributed by atoms with Gasteiger partial charge in [-0.05, 0) is 44.5 Å². The Morgan fingerprint density at radius 3 is 2.62 bits per heavy atom. The van der Waals surface area contributed by atoms with E-state index in [4.69, 9.17) is 23.3 Å². The van der Waals surface area contributed by atoms with E-state index in [0.29, 0.717) is 29.2 Å². The second-order valence-corrected chi connectivity index (χ2v) is 10.8. The Labute approximate surface area is 236 Å². The van der Waals surface area contributed by atoms with Crippen LogP contribution in [0.25, 0.3) is 10.5 Å². The van der Waals surface area contributed by atoms with Crippen molar-refractivity contribution in [3.8, 4) is 5.69 Å². The molecule has 0 spiro atoms. The quantitative estimate of drug-likeness (QED) is 0.330. The third kappa shape index (κ3) is 4.23. The Morgan fingerprint density at radius 2 is 1.93 bits per heavy atom. The average Bonchev–Trinajstić information content (AvgIpc) is 3.63. The molecule has 0 saturated heterocycles.